The molecule has 2 aromatic carbocycles. The van der Waals surface area contributed by atoms with Crippen LogP contribution < -0.4 is 16.6 Å². The Balaban J connectivity index is 1.33. The van der Waals surface area contributed by atoms with E-state index in [1.54, 1.807) is 4.57 Å². The van der Waals surface area contributed by atoms with Gasteiger partial charge >= 0.3 is 5.69 Å². The average molecular weight is 536 g/mol. The summed E-state index contributed by atoms with van der Waals surface area (Å²) in [6.07, 6.45) is 3.03. The summed E-state index contributed by atoms with van der Waals surface area (Å²) in [4.78, 5) is 26.8. The highest BCUT2D eigenvalue weighted by molar-refractivity contribution is 9.10. The number of benzene rings is 2. The fourth-order valence-corrected chi connectivity index (χ4v) is 7.34. The van der Waals surface area contributed by atoms with Gasteiger partial charge < -0.3 is 5.32 Å². The van der Waals surface area contributed by atoms with Crippen molar-refractivity contribution in [2.24, 2.45) is 5.92 Å². The molecule has 0 amide bonds. The number of aromatic nitrogens is 2. The smallest absolute Gasteiger partial charge is 0.313 e. The lowest BCUT2D eigenvalue weighted by Crippen LogP contribution is -2.41. The van der Waals surface area contributed by atoms with E-state index in [-0.39, 0.29) is 17.3 Å². The van der Waals surface area contributed by atoms with E-state index in [1.807, 2.05) is 41.8 Å². The Hall–Kier alpha value is -2.48. The second-order valence-corrected chi connectivity index (χ2v) is 11.2. The van der Waals surface area contributed by atoms with Crippen LogP contribution in [0.3, 0.4) is 0 Å². The van der Waals surface area contributed by atoms with Crippen molar-refractivity contribution in [3.05, 3.63) is 102 Å². The van der Waals surface area contributed by atoms with Crippen molar-refractivity contribution in [3.8, 4) is 0 Å². The molecule has 0 spiro atoms. The van der Waals surface area contributed by atoms with Crippen LogP contribution in [0, 0.1) is 5.92 Å². The van der Waals surface area contributed by atoms with E-state index in [2.05, 4.69) is 39.4 Å². The van der Waals surface area contributed by atoms with E-state index in [4.69, 9.17) is 0 Å². The highest BCUT2D eigenvalue weighted by Gasteiger charge is 2.40. The van der Waals surface area contributed by atoms with Crippen molar-refractivity contribution in [2.45, 2.75) is 44.3 Å². The molecule has 2 aliphatic rings. The van der Waals surface area contributed by atoms with Gasteiger partial charge in [-0.2, -0.15) is 0 Å². The Bertz CT molecular complexity index is 1470. The van der Waals surface area contributed by atoms with Crippen LogP contribution in [0.5, 0.6) is 0 Å². The summed E-state index contributed by atoms with van der Waals surface area (Å²) < 4.78 is 5.05. The van der Waals surface area contributed by atoms with Crippen LogP contribution in [-0.2, 0) is 19.5 Å². The molecule has 1 N–H and O–H groups in total. The van der Waals surface area contributed by atoms with Gasteiger partial charge in [0.15, 0.2) is 0 Å². The maximum Gasteiger partial charge on any atom is 0.331 e. The van der Waals surface area contributed by atoms with Gasteiger partial charge in [-0.1, -0.05) is 58.4 Å². The quantitative estimate of drug-likeness (QED) is 0.401. The second kappa shape index (κ2) is 8.95. The minimum absolute atomic E-state index is 0.166. The number of nitrogens with one attached hydrogen (secondary N) is 1. The summed E-state index contributed by atoms with van der Waals surface area (Å²) in [6, 6.07) is 18.6. The zero-order valence-corrected chi connectivity index (χ0v) is 21.1. The molecule has 0 radical (unpaired) electrons. The predicted octanol–water partition coefficient (Wildman–Crippen LogP) is 4.74. The monoisotopic (exact) mass is 535 g/mol. The topological polar surface area (TPSA) is 56.0 Å². The number of rotatable bonds is 5. The number of halogens is 1. The van der Waals surface area contributed by atoms with Crippen LogP contribution in [0.15, 0.2) is 74.0 Å². The van der Waals surface area contributed by atoms with Crippen molar-refractivity contribution < 1.29 is 0 Å². The fraction of sp³-hybridized carbons (Fsp3) is 0.333. The Morgan fingerprint density at radius 2 is 1.88 bits per heavy atom. The molecule has 0 saturated carbocycles. The van der Waals surface area contributed by atoms with Gasteiger partial charge in [-0.3, -0.25) is 13.9 Å². The van der Waals surface area contributed by atoms with Crippen LogP contribution in [-0.4, -0.2) is 21.7 Å². The third kappa shape index (κ3) is 3.70. The van der Waals surface area contributed by atoms with Gasteiger partial charge in [0.25, 0.3) is 5.56 Å². The molecule has 1 aliphatic carbocycles. The summed E-state index contributed by atoms with van der Waals surface area (Å²) in [6.45, 7) is 1.88. The highest BCUT2D eigenvalue weighted by atomic mass is 79.9. The standard InChI is InChI=1S/C27H26BrN3O2S/c28-21-8-4-7-20-19(21)10-9-18-15-29-22(24(18)20)11-13-30-26(32)25-23(12-14-34-25)31(27(30)33)16-17-5-2-1-3-6-17/h1-8,12,14,18,22,24,29H,9-11,13,15-16H2. The van der Waals surface area contributed by atoms with Crippen LogP contribution in [0.4, 0.5) is 0 Å². The average Bonchev–Trinajstić information content (AvgIpc) is 3.50. The molecule has 0 bridgehead atoms. The van der Waals surface area contributed by atoms with E-state index >= 15 is 0 Å². The molecule has 1 fully saturated rings. The van der Waals surface area contributed by atoms with Crippen LogP contribution >= 0.6 is 27.3 Å². The van der Waals surface area contributed by atoms with Crippen molar-refractivity contribution in [1.82, 2.24) is 14.5 Å². The van der Waals surface area contributed by atoms with Gasteiger partial charge in [-0.25, -0.2) is 4.79 Å². The lowest BCUT2D eigenvalue weighted by molar-refractivity contribution is 0.389. The van der Waals surface area contributed by atoms with E-state index in [0.717, 1.165) is 30.5 Å². The summed E-state index contributed by atoms with van der Waals surface area (Å²) >= 11 is 5.16. The third-order valence-electron chi connectivity index (χ3n) is 7.55. The Morgan fingerprint density at radius 1 is 1.03 bits per heavy atom. The van der Waals surface area contributed by atoms with Crippen LogP contribution in [0.1, 0.15) is 35.4 Å². The number of nitrogens with zero attached hydrogens (tertiary/aromatic N) is 2. The fourth-order valence-electron chi connectivity index (χ4n) is 5.92. The molecule has 4 aromatic rings. The van der Waals surface area contributed by atoms with Crippen LogP contribution in [0.25, 0.3) is 10.2 Å². The molecule has 2 aromatic heterocycles. The molecule has 3 unspecified atom stereocenters. The number of hydrogen-bond acceptors (Lipinski definition) is 4. The summed E-state index contributed by atoms with van der Waals surface area (Å²) in [7, 11) is 0. The van der Waals surface area contributed by atoms with Crippen molar-refractivity contribution in [3.63, 3.8) is 0 Å². The minimum atomic E-state index is -0.221. The summed E-state index contributed by atoms with van der Waals surface area (Å²) in [5, 5.41) is 5.62. The van der Waals surface area contributed by atoms with Crippen molar-refractivity contribution in [1.29, 1.82) is 0 Å². The molecule has 1 saturated heterocycles. The van der Waals surface area contributed by atoms with E-state index in [9.17, 15) is 9.59 Å². The number of hydrogen-bond donors (Lipinski definition) is 1. The minimum Gasteiger partial charge on any atom is -0.313 e. The van der Waals surface area contributed by atoms with E-state index in [1.165, 1.54) is 37.9 Å². The first kappa shape index (κ1) is 22.0. The van der Waals surface area contributed by atoms with Crippen molar-refractivity contribution >= 4 is 37.5 Å². The summed E-state index contributed by atoms with van der Waals surface area (Å²) in [5.74, 6) is 1.03. The molecular weight excluding hydrogens is 510 g/mol. The van der Waals surface area contributed by atoms with Gasteiger partial charge in [0.1, 0.15) is 4.70 Å². The lowest BCUT2D eigenvalue weighted by atomic mass is 9.74. The maximum absolute atomic E-state index is 13.5. The molecule has 1 aliphatic heterocycles. The van der Waals surface area contributed by atoms with Gasteiger partial charge in [0.2, 0.25) is 0 Å². The lowest BCUT2D eigenvalue weighted by Gasteiger charge is -2.32. The van der Waals surface area contributed by atoms with E-state index < -0.39 is 0 Å². The first-order valence-electron chi connectivity index (χ1n) is 11.9. The van der Waals surface area contributed by atoms with Crippen LogP contribution in [0.2, 0.25) is 0 Å². The molecule has 3 heterocycles. The zero-order chi connectivity index (χ0) is 23.2. The van der Waals surface area contributed by atoms with Gasteiger partial charge in [-0.05, 0) is 65.9 Å². The molecule has 7 heteroatoms. The Labute approximate surface area is 210 Å². The van der Waals surface area contributed by atoms with Gasteiger partial charge in [0.05, 0.1) is 12.1 Å². The first-order chi connectivity index (χ1) is 16.6. The molecular formula is C27H26BrN3O2S. The SMILES string of the molecule is O=c1c2sccc2n(Cc2ccccc2)c(=O)n1CCC1NCC2CCc3c(Br)cccc3C21. The predicted molar refractivity (Wildman–Crippen MR) is 141 cm³/mol. The number of fused-ring (bicyclic) bond motifs is 4. The maximum atomic E-state index is 13.5. The number of thiophene rings is 1. The molecule has 174 valence electrons. The van der Waals surface area contributed by atoms with Crippen molar-refractivity contribution in [2.75, 3.05) is 6.54 Å². The Kier molecular flexibility index (Phi) is 5.79. The van der Waals surface area contributed by atoms with Gasteiger partial charge in [-0.15, -0.1) is 11.3 Å². The molecule has 3 atom stereocenters. The normalized spacial score (nSPS) is 21.5. The summed E-state index contributed by atoms with van der Waals surface area (Å²) in [5.41, 5.74) is 4.22. The van der Waals surface area contributed by atoms with Gasteiger partial charge in [0, 0.05) is 23.0 Å². The van der Waals surface area contributed by atoms with E-state index in [0.29, 0.717) is 29.6 Å². The zero-order valence-electron chi connectivity index (χ0n) is 18.7. The Morgan fingerprint density at radius 3 is 2.74 bits per heavy atom. The third-order valence-corrected chi connectivity index (χ3v) is 9.18. The first-order valence-corrected chi connectivity index (χ1v) is 13.5. The molecule has 34 heavy (non-hydrogen) atoms. The highest BCUT2D eigenvalue weighted by Crippen LogP contribution is 2.44. The molecule has 6 rings (SSSR count). The second-order valence-electron chi connectivity index (χ2n) is 9.38. The molecule has 5 nitrogen and oxygen atoms in total. The largest absolute Gasteiger partial charge is 0.331 e.